The third kappa shape index (κ3) is 3.40. The zero-order valence-corrected chi connectivity index (χ0v) is 14.1. The molecule has 0 aromatic heterocycles. The highest BCUT2D eigenvalue weighted by Crippen LogP contribution is 2.37. The number of ether oxygens (including phenoxy) is 1. The van der Waals surface area contributed by atoms with Gasteiger partial charge in [-0.05, 0) is 12.1 Å². The minimum absolute atomic E-state index is 0.144. The van der Waals surface area contributed by atoms with Crippen molar-refractivity contribution < 1.29 is 14.3 Å². The molecule has 1 N–H and O–H groups in total. The number of amides is 2. The van der Waals surface area contributed by atoms with Crippen molar-refractivity contribution >= 4 is 17.5 Å². The molecule has 0 radical (unpaired) electrons. The third-order valence-electron chi connectivity index (χ3n) is 4.06. The van der Waals surface area contributed by atoms with Crippen LogP contribution >= 0.6 is 0 Å². The fourth-order valence-electron chi connectivity index (χ4n) is 2.99. The van der Waals surface area contributed by atoms with Crippen LogP contribution in [0.3, 0.4) is 0 Å². The molecule has 2 aromatic rings. The quantitative estimate of drug-likeness (QED) is 0.825. The maximum atomic E-state index is 12.9. The number of fused-ring (bicyclic) bond motifs is 1. The van der Waals surface area contributed by atoms with Crippen LogP contribution in [0.15, 0.2) is 61.2 Å². The first-order valence-corrected chi connectivity index (χ1v) is 8.11. The number of para-hydroxylation sites is 2. The average Bonchev–Trinajstić information content (AvgIpc) is 2.86. The molecule has 0 spiro atoms. The summed E-state index contributed by atoms with van der Waals surface area (Å²) in [5.74, 6) is 0.343. The number of hydrogen-bond donors (Lipinski definition) is 1. The second-order valence-electron chi connectivity index (χ2n) is 5.82. The molecule has 3 rings (SSSR count). The lowest BCUT2D eigenvalue weighted by molar-refractivity contribution is -0.126. The molecule has 2 amide bonds. The zero-order valence-electron chi connectivity index (χ0n) is 14.1. The van der Waals surface area contributed by atoms with Crippen molar-refractivity contribution in [2.24, 2.45) is 0 Å². The number of carbonyl (C=O) groups excluding carboxylic acids is 2. The first-order chi connectivity index (χ1) is 12.1. The van der Waals surface area contributed by atoms with E-state index in [1.807, 2.05) is 48.5 Å². The molecule has 25 heavy (non-hydrogen) atoms. The lowest BCUT2D eigenvalue weighted by Gasteiger charge is -2.20. The van der Waals surface area contributed by atoms with Crippen molar-refractivity contribution in [2.75, 3.05) is 11.5 Å². The SMILES string of the molecule is C=CCOc1ccccc1CN1C(=O)[C@@H](NC(C)=O)c2ccccc21. The van der Waals surface area contributed by atoms with Gasteiger partial charge in [-0.1, -0.05) is 49.1 Å². The number of nitrogens with zero attached hydrogens (tertiary/aromatic N) is 1. The topological polar surface area (TPSA) is 58.6 Å². The normalized spacial score (nSPS) is 15.6. The summed E-state index contributed by atoms with van der Waals surface area (Å²) < 4.78 is 5.69. The Morgan fingerprint density at radius 1 is 1.24 bits per heavy atom. The van der Waals surface area contributed by atoms with Gasteiger partial charge in [0.25, 0.3) is 5.91 Å². The molecular formula is C20H20N2O3. The van der Waals surface area contributed by atoms with Gasteiger partial charge in [-0.3, -0.25) is 9.59 Å². The van der Waals surface area contributed by atoms with Crippen LogP contribution in [0, 0.1) is 0 Å². The maximum Gasteiger partial charge on any atom is 0.254 e. The zero-order chi connectivity index (χ0) is 17.8. The van der Waals surface area contributed by atoms with E-state index in [1.54, 1.807) is 11.0 Å². The Labute approximate surface area is 146 Å². The van der Waals surface area contributed by atoms with Gasteiger partial charge in [-0.25, -0.2) is 0 Å². The Kier molecular flexibility index (Phi) is 4.84. The van der Waals surface area contributed by atoms with Crippen LogP contribution in [0.5, 0.6) is 5.75 Å². The maximum absolute atomic E-state index is 12.9. The fourth-order valence-corrected chi connectivity index (χ4v) is 2.99. The Morgan fingerprint density at radius 2 is 1.96 bits per heavy atom. The molecule has 0 saturated heterocycles. The summed E-state index contributed by atoms with van der Waals surface area (Å²) in [6.07, 6.45) is 1.68. The molecule has 1 heterocycles. The molecule has 0 unspecified atom stereocenters. The molecule has 5 nitrogen and oxygen atoms in total. The number of carbonyl (C=O) groups is 2. The van der Waals surface area contributed by atoms with E-state index in [2.05, 4.69) is 11.9 Å². The lowest BCUT2D eigenvalue weighted by atomic mass is 10.1. The first-order valence-electron chi connectivity index (χ1n) is 8.11. The minimum atomic E-state index is -0.644. The average molecular weight is 336 g/mol. The number of anilines is 1. The van der Waals surface area contributed by atoms with Gasteiger partial charge in [0.2, 0.25) is 5.91 Å². The van der Waals surface area contributed by atoms with Crippen molar-refractivity contribution in [1.29, 1.82) is 0 Å². The van der Waals surface area contributed by atoms with Crippen LogP contribution in [0.1, 0.15) is 24.1 Å². The molecule has 1 atom stereocenters. The Morgan fingerprint density at radius 3 is 2.72 bits per heavy atom. The molecule has 0 fully saturated rings. The van der Waals surface area contributed by atoms with Crippen LogP contribution < -0.4 is 15.0 Å². The summed E-state index contributed by atoms with van der Waals surface area (Å²) in [7, 11) is 0. The highest BCUT2D eigenvalue weighted by Gasteiger charge is 2.37. The van der Waals surface area contributed by atoms with Crippen LogP contribution in [0.2, 0.25) is 0 Å². The molecule has 1 aliphatic rings. The van der Waals surface area contributed by atoms with Gasteiger partial charge >= 0.3 is 0 Å². The van der Waals surface area contributed by atoms with Crippen molar-refractivity contribution in [3.63, 3.8) is 0 Å². The van der Waals surface area contributed by atoms with E-state index in [4.69, 9.17) is 4.74 Å². The number of rotatable bonds is 6. The number of nitrogens with one attached hydrogen (secondary N) is 1. The Hall–Kier alpha value is -3.08. The number of hydrogen-bond acceptors (Lipinski definition) is 3. The molecule has 1 aliphatic heterocycles. The molecule has 0 saturated carbocycles. The highest BCUT2D eigenvalue weighted by atomic mass is 16.5. The van der Waals surface area contributed by atoms with Crippen LogP contribution in [0.25, 0.3) is 0 Å². The van der Waals surface area contributed by atoms with Crippen LogP contribution in [0.4, 0.5) is 5.69 Å². The van der Waals surface area contributed by atoms with E-state index in [9.17, 15) is 9.59 Å². The molecule has 2 aromatic carbocycles. The van der Waals surface area contributed by atoms with Gasteiger partial charge in [0.05, 0.1) is 6.54 Å². The monoisotopic (exact) mass is 336 g/mol. The first kappa shape index (κ1) is 16.8. The molecule has 5 heteroatoms. The predicted octanol–water partition coefficient (Wildman–Crippen LogP) is 2.98. The fraction of sp³-hybridized carbons (Fsp3) is 0.200. The van der Waals surface area contributed by atoms with E-state index < -0.39 is 6.04 Å². The van der Waals surface area contributed by atoms with Crippen molar-refractivity contribution in [2.45, 2.75) is 19.5 Å². The smallest absolute Gasteiger partial charge is 0.254 e. The van der Waals surface area contributed by atoms with E-state index in [0.717, 1.165) is 22.6 Å². The van der Waals surface area contributed by atoms with E-state index in [0.29, 0.717) is 13.2 Å². The molecule has 0 bridgehead atoms. The lowest BCUT2D eigenvalue weighted by Crippen LogP contribution is -2.36. The number of benzene rings is 2. The van der Waals surface area contributed by atoms with Crippen LogP contribution in [-0.2, 0) is 16.1 Å². The third-order valence-corrected chi connectivity index (χ3v) is 4.06. The van der Waals surface area contributed by atoms with E-state index >= 15 is 0 Å². The Balaban J connectivity index is 1.92. The van der Waals surface area contributed by atoms with Gasteiger partial charge in [-0.15, -0.1) is 0 Å². The summed E-state index contributed by atoms with van der Waals surface area (Å²) in [6.45, 7) is 5.85. The standard InChI is InChI=1S/C20H20N2O3/c1-3-12-25-18-11-7-4-8-15(18)13-22-17-10-6-5-9-16(17)19(20(22)24)21-14(2)23/h3-11,19H,1,12-13H2,2H3,(H,21,23)/t19-/m0/s1. The highest BCUT2D eigenvalue weighted by molar-refractivity contribution is 6.06. The summed E-state index contributed by atoms with van der Waals surface area (Å²) >= 11 is 0. The molecule has 128 valence electrons. The summed E-state index contributed by atoms with van der Waals surface area (Å²) in [4.78, 5) is 26.0. The van der Waals surface area contributed by atoms with E-state index in [1.165, 1.54) is 6.92 Å². The summed E-state index contributed by atoms with van der Waals surface area (Å²) in [6, 6.07) is 14.5. The van der Waals surface area contributed by atoms with Gasteiger partial charge in [-0.2, -0.15) is 0 Å². The largest absolute Gasteiger partial charge is 0.489 e. The Bertz CT molecular complexity index is 816. The summed E-state index contributed by atoms with van der Waals surface area (Å²) in [5.41, 5.74) is 2.52. The second-order valence-corrected chi connectivity index (χ2v) is 5.82. The molecule has 0 aliphatic carbocycles. The van der Waals surface area contributed by atoms with Crippen molar-refractivity contribution in [3.8, 4) is 5.75 Å². The van der Waals surface area contributed by atoms with Gasteiger partial charge in [0, 0.05) is 23.7 Å². The second kappa shape index (κ2) is 7.21. The summed E-state index contributed by atoms with van der Waals surface area (Å²) in [5, 5.41) is 2.74. The predicted molar refractivity (Wildman–Crippen MR) is 96.3 cm³/mol. The van der Waals surface area contributed by atoms with Gasteiger partial charge in [0.15, 0.2) is 0 Å². The van der Waals surface area contributed by atoms with Crippen LogP contribution in [-0.4, -0.2) is 18.4 Å². The van der Waals surface area contributed by atoms with E-state index in [-0.39, 0.29) is 11.8 Å². The van der Waals surface area contributed by atoms with Crippen molar-refractivity contribution in [3.05, 3.63) is 72.3 Å². The minimum Gasteiger partial charge on any atom is -0.489 e. The van der Waals surface area contributed by atoms with Gasteiger partial charge < -0.3 is 15.0 Å². The molecular weight excluding hydrogens is 316 g/mol. The van der Waals surface area contributed by atoms with Crippen molar-refractivity contribution in [1.82, 2.24) is 5.32 Å². The van der Waals surface area contributed by atoms with Gasteiger partial charge in [0.1, 0.15) is 18.4 Å².